The van der Waals surface area contributed by atoms with Gasteiger partial charge in [-0.15, -0.1) is 0 Å². The van der Waals surface area contributed by atoms with Crippen molar-refractivity contribution in [2.24, 2.45) is 0 Å². The molecule has 0 spiro atoms. The molecule has 1 fully saturated rings. The Morgan fingerprint density at radius 3 is 2.97 bits per heavy atom. The van der Waals surface area contributed by atoms with Crippen LogP contribution in [0.5, 0.6) is 5.75 Å². The zero-order chi connectivity index (χ0) is 22.0. The predicted octanol–water partition coefficient (Wildman–Crippen LogP) is 3.83. The highest BCUT2D eigenvalue weighted by atomic mass is 32.2. The van der Waals surface area contributed by atoms with Gasteiger partial charge in [-0.3, -0.25) is 14.6 Å². The van der Waals surface area contributed by atoms with E-state index in [2.05, 4.69) is 30.0 Å². The number of rotatable bonds is 6. The molecule has 2 aliphatic heterocycles. The second-order valence-electron chi connectivity index (χ2n) is 8.18. The van der Waals surface area contributed by atoms with E-state index in [9.17, 15) is 8.42 Å². The van der Waals surface area contributed by atoms with Crippen LogP contribution < -0.4 is 9.46 Å². The average Bonchev–Trinajstić information content (AvgIpc) is 3.32. The van der Waals surface area contributed by atoms with Gasteiger partial charge in [0.25, 0.3) is 10.0 Å². The molecular formula is C22H25N5O3S2. The molecule has 0 saturated carbocycles. The van der Waals surface area contributed by atoms with Gasteiger partial charge in [-0.1, -0.05) is 18.6 Å². The van der Waals surface area contributed by atoms with Crippen molar-refractivity contribution in [1.82, 2.24) is 19.2 Å². The minimum atomic E-state index is -3.75. The summed E-state index contributed by atoms with van der Waals surface area (Å²) in [5.41, 5.74) is 2.34. The Bertz CT molecular complexity index is 1160. The number of nitrogens with zero attached hydrogens (tertiary/aromatic N) is 4. The quantitative estimate of drug-likeness (QED) is 0.583. The van der Waals surface area contributed by atoms with Gasteiger partial charge in [0.05, 0.1) is 11.5 Å². The summed E-state index contributed by atoms with van der Waals surface area (Å²) in [6, 6.07) is 9.72. The summed E-state index contributed by atoms with van der Waals surface area (Å²) in [6.07, 6.45) is 9.58. The molecule has 1 saturated heterocycles. The van der Waals surface area contributed by atoms with Crippen molar-refractivity contribution >= 4 is 26.7 Å². The lowest BCUT2D eigenvalue weighted by Crippen LogP contribution is -2.37. The highest BCUT2D eigenvalue weighted by molar-refractivity contribution is 7.93. The van der Waals surface area contributed by atoms with Crippen molar-refractivity contribution in [2.75, 3.05) is 24.4 Å². The van der Waals surface area contributed by atoms with Gasteiger partial charge in [0.15, 0.2) is 0 Å². The lowest BCUT2D eigenvalue weighted by Gasteiger charge is -2.39. The number of likely N-dealkylation sites (tertiary alicyclic amines) is 1. The van der Waals surface area contributed by atoms with Crippen LogP contribution in [-0.4, -0.2) is 47.4 Å². The van der Waals surface area contributed by atoms with Crippen LogP contribution in [0, 0.1) is 0 Å². The third-order valence-corrected chi connectivity index (χ3v) is 8.23. The SMILES string of the molecule is O=S(=O)(Nc1ncns1)c1ccc2c(c1)OCC[C@H]2CN1CCCC[C@H]1c1cccnc1. The maximum absolute atomic E-state index is 12.7. The number of piperidine rings is 1. The van der Waals surface area contributed by atoms with Crippen molar-refractivity contribution < 1.29 is 13.2 Å². The molecule has 1 aromatic carbocycles. The highest BCUT2D eigenvalue weighted by Crippen LogP contribution is 2.39. The van der Waals surface area contributed by atoms with Crippen molar-refractivity contribution in [1.29, 1.82) is 0 Å². The molecule has 10 heteroatoms. The van der Waals surface area contributed by atoms with Crippen molar-refractivity contribution in [3.8, 4) is 5.75 Å². The monoisotopic (exact) mass is 471 g/mol. The number of nitrogens with one attached hydrogen (secondary N) is 1. The summed E-state index contributed by atoms with van der Waals surface area (Å²) in [7, 11) is -3.75. The summed E-state index contributed by atoms with van der Waals surface area (Å²) in [5, 5.41) is 0.244. The first-order valence-electron chi connectivity index (χ1n) is 10.8. The topological polar surface area (TPSA) is 97.3 Å². The fourth-order valence-electron chi connectivity index (χ4n) is 4.64. The van der Waals surface area contributed by atoms with E-state index in [0.29, 0.717) is 24.3 Å². The lowest BCUT2D eigenvalue weighted by molar-refractivity contribution is 0.127. The van der Waals surface area contributed by atoms with Crippen molar-refractivity contribution in [3.63, 3.8) is 0 Å². The summed E-state index contributed by atoms with van der Waals surface area (Å²) in [6.45, 7) is 2.56. The van der Waals surface area contributed by atoms with Gasteiger partial charge in [0, 0.05) is 48.5 Å². The van der Waals surface area contributed by atoms with Crippen LogP contribution in [0.25, 0.3) is 0 Å². The molecule has 32 heavy (non-hydrogen) atoms. The normalized spacial score (nSPS) is 21.5. The Balaban J connectivity index is 1.36. The molecular weight excluding hydrogens is 446 g/mol. The number of benzene rings is 1. The van der Waals surface area contributed by atoms with Crippen LogP contribution in [-0.2, 0) is 10.0 Å². The van der Waals surface area contributed by atoms with Crippen molar-refractivity contribution in [2.45, 2.75) is 42.5 Å². The number of hydrogen-bond acceptors (Lipinski definition) is 8. The predicted molar refractivity (Wildman–Crippen MR) is 122 cm³/mol. The van der Waals surface area contributed by atoms with Gasteiger partial charge in [0.2, 0.25) is 5.13 Å². The molecule has 3 aromatic rings. The molecule has 0 radical (unpaired) electrons. The smallest absolute Gasteiger partial charge is 0.263 e. The Morgan fingerprint density at radius 2 is 2.16 bits per heavy atom. The molecule has 0 amide bonds. The summed E-state index contributed by atoms with van der Waals surface area (Å²) >= 11 is 0.999. The maximum atomic E-state index is 12.7. The average molecular weight is 472 g/mol. The molecule has 0 unspecified atom stereocenters. The number of fused-ring (bicyclic) bond motifs is 1. The fraction of sp³-hybridized carbons (Fsp3) is 0.409. The molecule has 4 heterocycles. The Labute approximate surface area is 191 Å². The zero-order valence-corrected chi connectivity index (χ0v) is 19.2. The third-order valence-electron chi connectivity index (χ3n) is 6.18. The van der Waals surface area contributed by atoms with E-state index in [1.807, 2.05) is 24.5 Å². The minimum absolute atomic E-state index is 0.165. The first kappa shape index (κ1) is 21.3. The fourth-order valence-corrected chi connectivity index (χ4v) is 6.31. The molecule has 168 valence electrons. The molecule has 0 bridgehead atoms. The second kappa shape index (κ2) is 9.13. The van der Waals surface area contributed by atoms with Gasteiger partial charge >= 0.3 is 0 Å². The van der Waals surface area contributed by atoms with E-state index in [-0.39, 0.29) is 10.0 Å². The minimum Gasteiger partial charge on any atom is -0.493 e. The lowest BCUT2D eigenvalue weighted by atomic mass is 9.89. The molecule has 5 rings (SSSR count). The van der Waals surface area contributed by atoms with E-state index >= 15 is 0 Å². The van der Waals surface area contributed by atoms with Crippen LogP contribution in [0.1, 0.15) is 48.8 Å². The first-order valence-corrected chi connectivity index (χ1v) is 13.1. The van der Waals surface area contributed by atoms with Gasteiger partial charge in [0.1, 0.15) is 12.1 Å². The molecule has 0 aliphatic carbocycles. The number of sulfonamides is 1. The van der Waals surface area contributed by atoms with Gasteiger partial charge in [-0.2, -0.15) is 4.37 Å². The molecule has 1 N–H and O–H groups in total. The van der Waals surface area contributed by atoms with Gasteiger partial charge < -0.3 is 4.74 Å². The Hall–Kier alpha value is -2.56. The van der Waals surface area contributed by atoms with Crippen LogP contribution in [0.15, 0.2) is 53.9 Å². The van der Waals surface area contributed by atoms with Crippen molar-refractivity contribution in [3.05, 3.63) is 60.2 Å². The summed E-state index contributed by atoms with van der Waals surface area (Å²) in [5.74, 6) is 0.945. The third kappa shape index (κ3) is 4.48. The summed E-state index contributed by atoms with van der Waals surface area (Å²) < 4.78 is 37.7. The second-order valence-corrected chi connectivity index (χ2v) is 10.6. The Kier molecular flexibility index (Phi) is 6.07. The largest absolute Gasteiger partial charge is 0.493 e. The molecule has 2 aliphatic rings. The van der Waals surface area contributed by atoms with E-state index in [1.54, 1.807) is 12.1 Å². The molecule has 2 aromatic heterocycles. The van der Waals surface area contributed by atoms with Crippen LogP contribution >= 0.6 is 11.5 Å². The number of ether oxygens (including phenoxy) is 1. The van der Waals surface area contributed by atoms with Gasteiger partial charge in [-0.05, 0) is 49.1 Å². The first-order chi connectivity index (χ1) is 15.6. The molecule has 8 nitrogen and oxygen atoms in total. The highest BCUT2D eigenvalue weighted by Gasteiger charge is 2.30. The van der Waals surface area contributed by atoms with E-state index in [1.165, 1.54) is 24.7 Å². The van der Waals surface area contributed by atoms with Crippen LogP contribution in [0.2, 0.25) is 0 Å². The van der Waals surface area contributed by atoms with E-state index < -0.39 is 10.0 Å². The van der Waals surface area contributed by atoms with Crippen LogP contribution in [0.3, 0.4) is 0 Å². The Morgan fingerprint density at radius 1 is 1.22 bits per heavy atom. The molecule has 2 atom stereocenters. The number of aromatic nitrogens is 3. The number of hydrogen-bond donors (Lipinski definition) is 1. The zero-order valence-electron chi connectivity index (χ0n) is 17.6. The summed E-state index contributed by atoms with van der Waals surface area (Å²) in [4.78, 5) is 10.9. The van der Waals surface area contributed by atoms with Crippen LogP contribution in [0.4, 0.5) is 5.13 Å². The van der Waals surface area contributed by atoms with E-state index in [4.69, 9.17) is 4.74 Å². The standard InChI is InChI=1S/C22H25N5O3S2/c28-32(29,26-22-24-15-25-31-22)18-6-7-19-17(8-11-30-21(19)12-18)14-27-10-2-1-5-20(27)16-4-3-9-23-13-16/h3-4,6-7,9,12-13,15,17,20H,1-2,5,8,10-11,14H2,(H,24,25,26)/t17-,20-/m0/s1. The maximum Gasteiger partial charge on any atom is 0.263 e. The van der Waals surface area contributed by atoms with Gasteiger partial charge in [-0.25, -0.2) is 13.4 Å². The number of pyridine rings is 1. The number of anilines is 1. The van der Waals surface area contributed by atoms with E-state index in [0.717, 1.165) is 43.0 Å².